The molecule has 4 aromatic rings. The fourth-order valence-electron chi connectivity index (χ4n) is 4.79. The lowest BCUT2D eigenvalue weighted by Crippen LogP contribution is -2.37. The number of benzene rings is 1. The summed E-state index contributed by atoms with van der Waals surface area (Å²) in [5, 5.41) is 1.33. The van der Waals surface area contributed by atoms with Crippen molar-refractivity contribution >= 4 is 39.2 Å². The summed E-state index contributed by atoms with van der Waals surface area (Å²) in [5.41, 5.74) is 3.67. The average Bonchev–Trinajstić information content (AvgIpc) is 3.57. The van der Waals surface area contributed by atoms with E-state index in [0.717, 1.165) is 42.4 Å². The first-order valence-electron chi connectivity index (χ1n) is 11.2. The van der Waals surface area contributed by atoms with Crippen molar-refractivity contribution in [3.8, 4) is 0 Å². The molecule has 0 saturated carbocycles. The van der Waals surface area contributed by atoms with Crippen molar-refractivity contribution in [1.29, 1.82) is 0 Å². The summed E-state index contributed by atoms with van der Waals surface area (Å²) in [6.45, 7) is 1.67. The first-order chi connectivity index (χ1) is 16.2. The number of rotatable bonds is 5. The molecular weight excluding hydrogens is 454 g/mol. The zero-order valence-electron chi connectivity index (χ0n) is 18.1. The zero-order valence-corrected chi connectivity index (χ0v) is 19.7. The molecule has 0 bridgehead atoms. The smallest absolute Gasteiger partial charge is 0.263 e. The molecule has 0 unspecified atom stereocenters. The van der Waals surface area contributed by atoms with E-state index < -0.39 is 0 Å². The number of fused-ring (bicyclic) bond motifs is 4. The minimum atomic E-state index is -0.0300. The van der Waals surface area contributed by atoms with Crippen molar-refractivity contribution < 1.29 is 9.21 Å². The van der Waals surface area contributed by atoms with Gasteiger partial charge in [-0.3, -0.25) is 14.2 Å². The van der Waals surface area contributed by atoms with Gasteiger partial charge < -0.3 is 9.32 Å². The lowest BCUT2D eigenvalue weighted by molar-refractivity contribution is -0.129. The van der Waals surface area contributed by atoms with Crippen LogP contribution in [0.5, 0.6) is 0 Å². The Kier molecular flexibility index (Phi) is 5.34. The van der Waals surface area contributed by atoms with Crippen LogP contribution in [0.3, 0.4) is 0 Å². The number of aromatic nitrogens is 2. The Labute approximate surface area is 199 Å². The molecule has 1 aliphatic heterocycles. The molecule has 0 fully saturated rings. The van der Waals surface area contributed by atoms with Crippen molar-refractivity contribution in [2.75, 3.05) is 12.3 Å². The quantitative estimate of drug-likeness (QED) is 0.317. The second kappa shape index (κ2) is 8.50. The molecule has 4 heterocycles. The number of thioether (sulfide) groups is 1. The lowest BCUT2D eigenvalue weighted by atomic mass is 10.00. The highest BCUT2D eigenvalue weighted by molar-refractivity contribution is 7.99. The van der Waals surface area contributed by atoms with Crippen LogP contribution in [0.1, 0.15) is 33.7 Å². The number of thiophene rings is 1. The third-order valence-corrected chi connectivity index (χ3v) is 8.64. The predicted octanol–water partition coefficient (Wildman–Crippen LogP) is 4.27. The fourth-order valence-corrected chi connectivity index (χ4v) is 7.00. The summed E-state index contributed by atoms with van der Waals surface area (Å²) in [4.78, 5) is 35.5. The predicted molar refractivity (Wildman–Crippen MR) is 130 cm³/mol. The minimum absolute atomic E-state index is 0.0300. The summed E-state index contributed by atoms with van der Waals surface area (Å²) in [6.07, 6.45) is 5.54. The first-order valence-corrected chi connectivity index (χ1v) is 13.0. The zero-order chi connectivity index (χ0) is 22.4. The number of carbonyl (C=O) groups is 1. The molecule has 0 radical (unpaired) electrons. The Morgan fingerprint density at radius 3 is 2.85 bits per heavy atom. The van der Waals surface area contributed by atoms with Crippen molar-refractivity contribution in [2.24, 2.45) is 0 Å². The molecule has 168 valence electrons. The van der Waals surface area contributed by atoms with E-state index in [9.17, 15) is 9.59 Å². The van der Waals surface area contributed by atoms with Crippen LogP contribution in [0, 0.1) is 0 Å². The van der Waals surface area contributed by atoms with E-state index in [1.165, 1.54) is 33.3 Å². The monoisotopic (exact) mass is 477 g/mol. The maximum atomic E-state index is 13.6. The standard InChI is InChI=1S/C25H23N3O3S2/c29-21(27-11-10-16-5-1-2-6-17(16)13-27)15-32-25-26-23-22(19-8-3-9-20(19)33-23)24(30)28(25)14-18-7-4-12-31-18/h1-2,4-7,12H,3,8-11,13-15H2. The maximum absolute atomic E-state index is 13.6. The Bertz CT molecular complexity index is 1400. The van der Waals surface area contributed by atoms with Crippen molar-refractivity contribution in [3.05, 3.63) is 80.3 Å². The Morgan fingerprint density at radius 2 is 2.00 bits per heavy atom. The molecule has 1 aromatic carbocycles. The fraction of sp³-hybridized carbons (Fsp3) is 0.320. The molecule has 33 heavy (non-hydrogen) atoms. The third-order valence-electron chi connectivity index (χ3n) is 6.49. The second-order valence-corrected chi connectivity index (χ2v) is 10.6. The van der Waals surface area contributed by atoms with E-state index in [-0.39, 0.29) is 17.2 Å². The van der Waals surface area contributed by atoms with E-state index in [2.05, 4.69) is 12.1 Å². The van der Waals surface area contributed by atoms with E-state index >= 15 is 0 Å². The van der Waals surface area contributed by atoms with Gasteiger partial charge in [0.05, 0.1) is 23.9 Å². The van der Waals surface area contributed by atoms with Crippen LogP contribution in [-0.2, 0) is 37.1 Å². The van der Waals surface area contributed by atoms with Gasteiger partial charge in [0, 0.05) is 18.0 Å². The van der Waals surface area contributed by atoms with Crippen LogP contribution in [0.25, 0.3) is 10.2 Å². The number of hydrogen-bond acceptors (Lipinski definition) is 6. The normalized spacial score (nSPS) is 15.1. The molecule has 1 aliphatic carbocycles. The third kappa shape index (κ3) is 3.81. The average molecular weight is 478 g/mol. The largest absolute Gasteiger partial charge is 0.467 e. The van der Waals surface area contributed by atoms with Gasteiger partial charge in [-0.05, 0) is 54.5 Å². The Morgan fingerprint density at radius 1 is 1.12 bits per heavy atom. The van der Waals surface area contributed by atoms with E-state index in [0.29, 0.717) is 24.0 Å². The van der Waals surface area contributed by atoms with Crippen LogP contribution < -0.4 is 5.56 Å². The highest BCUT2D eigenvalue weighted by atomic mass is 32.2. The van der Waals surface area contributed by atoms with Crippen LogP contribution in [0.2, 0.25) is 0 Å². The van der Waals surface area contributed by atoms with Gasteiger partial charge in [0.1, 0.15) is 10.6 Å². The summed E-state index contributed by atoms with van der Waals surface area (Å²) >= 11 is 2.98. The molecule has 0 saturated heterocycles. The summed E-state index contributed by atoms with van der Waals surface area (Å²) in [5.74, 6) is 1.02. The second-order valence-electron chi connectivity index (χ2n) is 8.53. The molecular formula is C25H23N3O3S2. The molecule has 3 aromatic heterocycles. The van der Waals surface area contributed by atoms with Gasteiger partial charge >= 0.3 is 0 Å². The van der Waals surface area contributed by atoms with Crippen LogP contribution in [0.15, 0.2) is 57.0 Å². The number of hydrogen-bond donors (Lipinski definition) is 0. The van der Waals surface area contributed by atoms with Crippen LogP contribution in [-0.4, -0.2) is 32.7 Å². The van der Waals surface area contributed by atoms with E-state index in [1.54, 1.807) is 22.2 Å². The number of furan rings is 1. The highest BCUT2D eigenvalue weighted by Gasteiger charge is 2.25. The Hall–Kier alpha value is -2.84. The van der Waals surface area contributed by atoms with Gasteiger partial charge in [-0.1, -0.05) is 36.0 Å². The Balaban J connectivity index is 1.29. The molecule has 6 nitrogen and oxygen atoms in total. The SMILES string of the molecule is O=C(CSc1nc2sc3c(c2c(=O)n1Cc1ccco1)CCC3)N1CCc2ccccc2C1. The van der Waals surface area contributed by atoms with Gasteiger partial charge in [-0.2, -0.15) is 0 Å². The molecule has 2 aliphatic rings. The molecule has 8 heteroatoms. The molecule has 1 amide bonds. The topological polar surface area (TPSA) is 68.3 Å². The maximum Gasteiger partial charge on any atom is 0.263 e. The lowest BCUT2D eigenvalue weighted by Gasteiger charge is -2.28. The molecule has 6 rings (SSSR count). The number of amides is 1. The van der Waals surface area contributed by atoms with E-state index in [4.69, 9.17) is 9.40 Å². The minimum Gasteiger partial charge on any atom is -0.467 e. The van der Waals surface area contributed by atoms with Crippen molar-refractivity contribution in [2.45, 2.75) is 43.9 Å². The van der Waals surface area contributed by atoms with Gasteiger partial charge in [0.15, 0.2) is 5.16 Å². The molecule has 0 atom stereocenters. The summed E-state index contributed by atoms with van der Waals surface area (Å²) in [6, 6.07) is 12.0. The summed E-state index contributed by atoms with van der Waals surface area (Å²) in [7, 11) is 0. The molecule has 0 N–H and O–H groups in total. The number of aryl methyl sites for hydroxylation is 2. The summed E-state index contributed by atoms with van der Waals surface area (Å²) < 4.78 is 7.19. The number of carbonyl (C=O) groups excluding carboxylic acids is 1. The van der Waals surface area contributed by atoms with Gasteiger partial charge in [0.25, 0.3) is 5.56 Å². The van der Waals surface area contributed by atoms with E-state index in [1.807, 2.05) is 29.2 Å². The van der Waals surface area contributed by atoms with Crippen molar-refractivity contribution in [3.63, 3.8) is 0 Å². The highest BCUT2D eigenvalue weighted by Crippen LogP contribution is 2.35. The molecule has 0 spiro atoms. The van der Waals surface area contributed by atoms with Gasteiger partial charge in [0.2, 0.25) is 5.91 Å². The number of nitrogens with zero attached hydrogens (tertiary/aromatic N) is 3. The van der Waals surface area contributed by atoms with Gasteiger partial charge in [-0.15, -0.1) is 11.3 Å². The van der Waals surface area contributed by atoms with Crippen LogP contribution in [0.4, 0.5) is 0 Å². The van der Waals surface area contributed by atoms with Crippen molar-refractivity contribution in [1.82, 2.24) is 14.5 Å². The first kappa shape index (κ1) is 20.7. The van der Waals surface area contributed by atoms with Crippen LogP contribution >= 0.6 is 23.1 Å². The van der Waals surface area contributed by atoms with Gasteiger partial charge in [-0.25, -0.2) is 4.98 Å².